The molecule has 0 aromatic rings. The predicted molar refractivity (Wildman–Crippen MR) is 49.0 cm³/mol. The third-order valence-corrected chi connectivity index (χ3v) is 1.28. The monoisotopic (exact) mass is 154 g/mol. The van der Waals surface area contributed by atoms with Crippen molar-refractivity contribution in [2.24, 2.45) is 10.8 Å². The lowest BCUT2D eigenvalue weighted by atomic mass is 10.2. The summed E-state index contributed by atoms with van der Waals surface area (Å²) >= 11 is 0. The van der Waals surface area contributed by atoms with Gasteiger partial charge in [-0.1, -0.05) is 16.8 Å². The zero-order valence-electron chi connectivity index (χ0n) is 7.25. The highest BCUT2D eigenvalue weighted by Crippen LogP contribution is 1.94. The number of hydrogen-bond acceptors (Lipinski definition) is 1. The highest BCUT2D eigenvalue weighted by molar-refractivity contribution is 5.51. The molecule has 0 rings (SSSR count). The van der Waals surface area contributed by atoms with Crippen LogP contribution in [0.3, 0.4) is 0 Å². The molecule has 0 spiro atoms. The van der Waals surface area contributed by atoms with Gasteiger partial charge in [0, 0.05) is 18.4 Å². The van der Waals surface area contributed by atoms with E-state index in [-0.39, 0.29) is 0 Å². The standard InChI is InChI=1S/C8H16N3/c1-4-11(10-7-9)6-5-8(2)3/h4,7H,2,5-6H2,1,3H3,(H2,9,10)/q+1/b11-4-. The molecule has 0 bridgehead atoms. The molecule has 3 nitrogen and oxygen atoms in total. The molecular formula is C8H16N3+. The maximum Gasteiger partial charge on any atom is 0.177 e. The Labute approximate surface area is 67.9 Å². The molecule has 2 N–H and O–H groups in total. The van der Waals surface area contributed by atoms with Crippen LogP contribution in [0.25, 0.3) is 0 Å². The van der Waals surface area contributed by atoms with Crippen molar-refractivity contribution in [2.75, 3.05) is 6.54 Å². The fraction of sp³-hybridized carbons (Fsp3) is 0.500. The molecule has 0 aliphatic rings. The molecule has 0 aromatic heterocycles. The van der Waals surface area contributed by atoms with Crippen LogP contribution in [-0.2, 0) is 0 Å². The number of hydrazone groups is 1. The van der Waals surface area contributed by atoms with Crippen LogP contribution in [0.2, 0.25) is 0 Å². The first-order chi connectivity index (χ1) is 5.20. The van der Waals surface area contributed by atoms with Gasteiger partial charge in [0.15, 0.2) is 19.1 Å². The molecule has 0 saturated heterocycles. The van der Waals surface area contributed by atoms with E-state index in [1.54, 1.807) is 4.68 Å². The van der Waals surface area contributed by atoms with Gasteiger partial charge >= 0.3 is 0 Å². The van der Waals surface area contributed by atoms with Crippen LogP contribution in [0.15, 0.2) is 17.3 Å². The Morgan fingerprint density at radius 3 is 2.73 bits per heavy atom. The zero-order chi connectivity index (χ0) is 8.69. The highest BCUT2D eigenvalue weighted by atomic mass is 15.4. The van der Waals surface area contributed by atoms with E-state index in [1.165, 1.54) is 6.34 Å². The van der Waals surface area contributed by atoms with E-state index in [2.05, 4.69) is 11.7 Å². The Kier molecular flexibility index (Phi) is 5.07. The van der Waals surface area contributed by atoms with Crippen LogP contribution < -0.4 is 5.73 Å². The van der Waals surface area contributed by atoms with Gasteiger partial charge in [-0.3, -0.25) is 0 Å². The first-order valence-electron chi connectivity index (χ1n) is 3.65. The summed E-state index contributed by atoms with van der Waals surface area (Å²) in [6.45, 7) is 8.57. The van der Waals surface area contributed by atoms with E-state index in [4.69, 9.17) is 5.73 Å². The lowest BCUT2D eigenvalue weighted by Gasteiger charge is -1.93. The van der Waals surface area contributed by atoms with Crippen LogP contribution in [0.4, 0.5) is 0 Å². The Hall–Kier alpha value is -1.12. The Balaban J connectivity index is 3.81. The van der Waals surface area contributed by atoms with E-state index in [1.807, 2.05) is 20.1 Å². The summed E-state index contributed by atoms with van der Waals surface area (Å²) in [4.78, 5) is 0. The molecule has 0 unspecified atom stereocenters. The molecule has 0 aromatic carbocycles. The predicted octanol–water partition coefficient (Wildman–Crippen LogP) is 0.958. The SMILES string of the molecule is C=C(C)CC[N+](=C/C)/N=C\N. The first-order valence-corrected chi connectivity index (χ1v) is 3.65. The maximum absolute atomic E-state index is 5.14. The minimum Gasteiger partial charge on any atom is -0.385 e. The smallest absolute Gasteiger partial charge is 0.177 e. The number of hydrogen-bond donors (Lipinski definition) is 1. The molecule has 0 aliphatic carbocycles. The van der Waals surface area contributed by atoms with Gasteiger partial charge in [0.05, 0.1) is 0 Å². The van der Waals surface area contributed by atoms with Crippen LogP contribution in [0.1, 0.15) is 20.3 Å². The van der Waals surface area contributed by atoms with Gasteiger partial charge in [0.2, 0.25) is 0 Å². The van der Waals surface area contributed by atoms with Gasteiger partial charge in [-0.2, -0.15) is 0 Å². The summed E-state index contributed by atoms with van der Waals surface area (Å²) in [6, 6.07) is 0. The normalized spacial score (nSPS) is 12.4. The lowest BCUT2D eigenvalue weighted by Crippen LogP contribution is -2.09. The van der Waals surface area contributed by atoms with Crippen molar-refractivity contribution in [1.82, 2.24) is 0 Å². The zero-order valence-corrected chi connectivity index (χ0v) is 7.25. The van der Waals surface area contributed by atoms with Crippen molar-refractivity contribution in [3.8, 4) is 0 Å². The minimum absolute atomic E-state index is 0.847. The molecule has 0 saturated carbocycles. The van der Waals surface area contributed by atoms with E-state index in [0.29, 0.717) is 0 Å². The van der Waals surface area contributed by atoms with E-state index in [0.717, 1.165) is 18.5 Å². The molecular weight excluding hydrogens is 138 g/mol. The summed E-state index contributed by atoms with van der Waals surface area (Å²) < 4.78 is 1.79. The summed E-state index contributed by atoms with van der Waals surface area (Å²) in [5, 5.41) is 3.90. The van der Waals surface area contributed by atoms with Crippen LogP contribution in [0, 0.1) is 0 Å². The average Bonchev–Trinajstić information content (AvgIpc) is 1.97. The van der Waals surface area contributed by atoms with Crippen molar-refractivity contribution in [2.45, 2.75) is 20.3 Å². The molecule has 0 amide bonds. The average molecular weight is 154 g/mol. The minimum atomic E-state index is 0.847. The van der Waals surface area contributed by atoms with Crippen molar-refractivity contribution in [3.63, 3.8) is 0 Å². The van der Waals surface area contributed by atoms with Gasteiger partial charge in [0.25, 0.3) is 0 Å². The van der Waals surface area contributed by atoms with Crippen molar-refractivity contribution < 1.29 is 4.68 Å². The van der Waals surface area contributed by atoms with E-state index < -0.39 is 0 Å². The molecule has 0 atom stereocenters. The number of rotatable bonds is 4. The van der Waals surface area contributed by atoms with Crippen LogP contribution >= 0.6 is 0 Å². The maximum atomic E-state index is 5.14. The molecule has 0 fully saturated rings. The van der Waals surface area contributed by atoms with E-state index in [9.17, 15) is 0 Å². The number of nitrogens with zero attached hydrogens (tertiary/aromatic N) is 2. The van der Waals surface area contributed by atoms with Crippen molar-refractivity contribution in [1.29, 1.82) is 0 Å². The Morgan fingerprint density at radius 1 is 1.73 bits per heavy atom. The Bertz CT molecular complexity index is 180. The van der Waals surface area contributed by atoms with Gasteiger partial charge in [-0.25, -0.2) is 0 Å². The number of nitrogens with two attached hydrogens (primary N) is 1. The second-order valence-corrected chi connectivity index (χ2v) is 2.39. The first kappa shape index (κ1) is 9.88. The fourth-order valence-corrected chi connectivity index (χ4v) is 0.645. The summed E-state index contributed by atoms with van der Waals surface area (Å²) in [7, 11) is 0. The third-order valence-electron chi connectivity index (χ3n) is 1.28. The fourth-order valence-electron chi connectivity index (χ4n) is 0.645. The molecule has 0 aliphatic heterocycles. The second kappa shape index (κ2) is 5.65. The Morgan fingerprint density at radius 2 is 2.36 bits per heavy atom. The van der Waals surface area contributed by atoms with Gasteiger partial charge in [-0.05, 0) is 6.92 Å². The summed E-state index contributed by atoms with van der Waals surface area (Å²) in [5.41, 5.74) is 6.29. The molecule has 62 valence electrons. The quantitative estimate of drug-likeness (QED) is 0.212. The third kappa shape index (κ3) is 5.33. The van der Waals surface area contributed by atoms with Crippen LogP contribution in [0.5, 0.6) is 0 Å². The van der Waals surface area contributed by atoms with Crippen molar-refractivity contribution in [3.05, 3.63) is 12.2 Å². The van der Waals surface area contributed by atoms with Crippen LogP contribution in [-0.4, -0.2) is 23.8 Å². The largest absolute Gasteiger partial charge is 0.385 e. The van der Waals surface area contributed by atoms with Gasteiger partial charge < -0.3 is 5.73 Å². The van der Waals surface area contributed by atoms with Gasteiger partial charge in [0.1, 0.15) is 0 Å². The highest BCUT2D eigenvalue weighted by Gasteiger charge is 1.98. The lowest BCUT2D eigenvalue weighted by molar-refractivity contribution is -0.528. The van der Waals surface area contributed by atoms with E-state index >= 15 is 0 Å². The molecule has 0 radical (unpaired) electrons. The summed E-state index contributed by atoms with van der Waals surface area (Å²) in [5.74, 6) is 0. The van der Waals surface area contributed by atoms with Gasteiger partial charge in [-0.15, -0.1) is 0 Å². The second-order valence-electron chi connectivity index (χ2n) is 2.39. The molecule has 11 heavy (non-hydrogen) atoms. The molecule has 3 heteroatoms. The van der Waals surface area contributed by atoms with Crippen molar-refractivity contribution >= 4 is 12.6 Å². The summed E-state index contributed by atoms with van der Waals surface area (Å²) in [6.07, 6.45) is 4.12. The topological polar surface area (TPSA) is 41.4 Å². The molecule has 0 heterocycles.